The summed E-state index contributed by atoms with van der Waals surface area (Å²) in [6.07, 6.45) is 11.3. The van der Waals surface area contributed by atoms with Crippen molar-refractivity contribution in [3.63, 3.8) is 0 Å². The topological polar surface area (TPSA) is 23.8 Å². The molecular formula is C17H25N. The largest absolute Gasteiger partial charge is 0.198 e. The molecule has 0 aromatic heterocycles. The number of unbranched alkanes of at least 4 members (excludes halogenated alkanes) is 6. The Morgan fingerprint density at radius 1 is 0.833 bits per heavy atom. The molecule has 0 bridgehead atoms. The molecule has 0 atom stereocenters. The fourth-order valence-electron chi connectivity index (χ4n) is 2.20. The Hall–Kier alpha value is -1.29. The van der Waals surface area contributed by atoms with Crippen LogP contribution in [0.3, 0.4) is 0 Å². The summed E-state index contributed by atoms with van der Waals surface area (Å²) in [6, 6.07) is 10.7. The van der Waals surface area contributed by atoms with E-state index in [2.05, 4.69) is 37.3 Å². The van der Waals surface area contributed by atoms with Gasteiger partial charge in [0.2, 0.25) is 0 Å². The Morgan fingerprint density at radius 3 is 2.00 bits per heavy atom. The smallest absolute Gasteiger partial charge is 0.0669 e. The van der Waals surface area contributed by atoms with Crippen LogP contribution in [0.2, 0.25) is 0 Å². The molecule has 0 aliphatic heterocycles. The molecule has 0 saturated heterocycles. The van der Waals surface area contributed by atoms with E-state index < -0.39 is 0 Å². The van der Waals surface area contributed by atoms with Crippen molar-refractivity contribution in [2.45, 2.75) is 64.7 Å². The Balaban J connectivity index is 2.10. The molecule has 1 aromatic rings. The molecule has 1 nitrogen and oxygen atoms in total. The second kappa shape index (κ2) is 9.71. The van der Waals surface area contributed by atoms with Crippen molar-refractivity contribution in [1.82, 2.24) is 0 Å². The lowest BCUT2D eigenvalue weighted by Crippen LogP contribution is -1.88. The minimum Gasteiger partial charge on any atom is -0.198 e. The first-order valence-electron chi connectivity index (χ1n) is 7.31. The SMILES string of the molecule is CCCCCCCCCc1ccc(CC#N)cc1. The van der Waals surface area contributed by atoms with E-state index in [0.29, 0.717) is 6.42 Å². The molecule has 0 amide bonds. The molecule has 0 saturated carbocycles. The molecule has 0 radical (unpaired) electrons. The van der Waals surface area contributed by atoms with Crippen LogP contribution in [0.1, 0.15) is 63.0 Å². The number of nitriles is 1. The van der Waals surface area contributed by atoms with Crippen molar-refractivity contribution in [1.29, 1.82) is 5.26 Å². The molecule has 1 rings (SSSR count). The van der Waals surface area contributed by atoms with Crippen LogP contribution in [0.5, 0.6) is 0 Å². The zero-order chi connectivity index (χ0) is 13.1. The molecule has 0 unspecified atom stereocenters. The van der Waals surface area contributed by atoms with Gasteiger partial charge in [0, 0.05) is 0 Å². The predicted octanol–water partition coefficient (Wildman–Crippen LogP) is 5.05. The maximum Gasteiger partial charge on any atom is 0.0669 e. The maximum atomic E-state index is 8.60. The van der Waals surface area contributed by atoms with Gasteiger partial charge in [0.05, 0.1) is 12.5 Å². The van der Waals surface area contributed by atoms with E-state index in [9.17, 15) is 0 Å². The molecule has 18 heavy (non-hydrogen) atoms. The monoisotopic (exact) mass is 243 g/mol. The van der Waals surface area contributed by atoms with Crippen molar-refractivity contribution in [3.8, 4) is 6.07 Å². The van der Waals surface area contributed by atoms with Gasteiger partial charge in [0.15, 0.2) is 0 Å². The van der Waals surface area contributed by atoms with Crippen LogP contribution >= 0.6 is 0 Å². The fraction of sp³-hybridized carbons (Fsp3) is 0.588. The lowest BCUT2D eigenvalue weighted by Gasteiger charge is -2.03. The summed E-state index contributed by atoms with van der Waals surface area (Å²) >= 11 is 0. The lowest BCUT2D eigenvalue weighted by atomic mass is 10.0. The number of aryl methyl sites for hydroxylation is 1. The van der Waals surface area contributed by atoms with Crippen molar-refractivity contribution < 1.29 is 0 Å². The number of benzene rings is 1. The minimum absolute atomic E-state index is 0.526. The molecule has 0 spiro atoms. The molecule has 1 heteroatoms. The number of hydrogen-bond acceptors (Lipinski definition) is 1. The quantitative estimate of drug-likeness (QED) is 0.557. The van der Waals surface area contributed by atoms with E-state index >= 15 is 0 Å². The molecule has 0 aliphatic rings. The summed E-state index contributed by atoms with van der Waals surface area (Å²) in [7, 11) is 0. The Morgan fingerprint density at radius 2 is 1.39 bits per heavy atom. The van der Waals surface area contributed by atoms with E-state index in [0.717, 1.165) is 5.56 Å². The molecular weight excluding hydrogens is 218 g/mol. The summed E-state index contributed by atoms with van der Waals surface area (Å²) < 4.78 is 0. The zero-order valence-electron chi connectivity index (χ0n) is 11.6. The van der Waals surface area contributed by atoms with Crippen LogP contribution in [0.25, 0.3) is 0 Å². The predicted molar refractivity (Wildman–Crippen MR) is 77.5 cm³/mol. The first-order chi connectivity index (χ1) is 8.86. The van der Waals surface area contributed by atoms with E-state index in [4.69, 9.17) is 5.26 Å². The van der Waals surface area contributed by atoms with Gasteiger partial charge in [0.25, 0.3) is 0 Å². The lowest BCUT2D eigenvalue weighted by molar-refractivity contribution is 0.589. The van der Waals surface area contributed by atoms with Crippen LogP contribution in [-0.4, -0.2) is 0 Å². The van der Waals surface area contributed by atoms with Gasteiger partial charge in [-0.1, -0.05) is 69.7 Å². The molecule has 1 aromatic carbocycles. The highest BCUT2D eigenvalue weighted by atomic mass is 14.2. The second-order valence-electron chi connectivity index (χ2n) is 5.02. The summed E-state index contributed by atoms with van der Waals surface area (Å²) in [6.45, 7) is 2.26. The highest BCUT2D eigenvalue weighted by Crippen LogP contribution is 2.11. The molecule has 0 heterocycles. The van der Waals surface area contributed by atoms with Crippen molar-refractivity contribution in [2.24, 2.45) is 0 Å². The van der Waals surface area contributed by atoms with Crippen LogP contribution < -0.4 is 0 Å². The van der Waals surface area contributed by atoms with Gasteiger partial charge in [0.1, 0.15) is 0 Å². The number of hydrogen-bond donors (Lipinski definition) is 0. The van der Waals surface area contributed by atoms with E-state index in [1.165, 1.54) is 56.9 Å². The zero-order valence-corrected chi connectivity index (χ0v) is 11.6. The van der Waals surface area contributed by atoms with E-state index in [1.54, 1.807) is 0 Å². The summed E-state index contributed by atoms with van der Waals surface area (Å²) in [4.78, 5) is 0. The molecule has 0 fully saturated rings. The highest BCUT2D eigenvalue weighted by molar-refractivity contribution is 5.24. The third-order valence-electron chi connectivity index (χ3n) is 3.38. The summed E-state index contributed by atoms with van der Waals surface area (Å²) in [5.74, 6) is 0. The van der Waals surface area contributed by atoms with Crippen molar-refractivity contribution >= 4 is 0 Å². The van der Waals surface area contributed by atoms with Gasteiger partial charge < -0.3 is 0 Å². The third kappa shape index (κ3) is 6.45. The van der Waals surface area contributed by atoms with E-state index in [-0.39, 0.29) is 0 Å². The molecule has 0 aliphatic carbocycles. The normalized spacial score (nSPS) is 10.2. The van der Waals surface area contributed by atoms with Gasteiger partial charge in [-0.05, 0) is 24.0 Å². The minimum atomic E-state index is 0.526. The van der Waals surface area contributed by atoms with Gasteiger partial charge in [-0.3, -0.25) is 0 Å². The summed E-state index contributed by atoms with van der Waals surface area (Å²) in [5, 5.41) is 8.60. The molecule has 0 N–H and O–H groups in total. The highest BCUT2D eigenvalue weighted by Gasteiger charge is 1.96. The molecule has 98 valence electrons. The second-order valence-corrected chi connectivity index (χ2v) is 5.02. The summed E-state index contributed by atoms with van der Waals surface area (Å²) in [5.41, 5.74) is 2.53. The number of rotatable bonds is 9. The van der Waals surface area contributed by atoms with Gasteiger partial charge in [-0.15, -0.1) is 0 Å². The third-order valence-corrected chi connectivity index (χ3v) is 3.38. The maximum absolute atomic E-state index is 8.60. The van der Waals surface area contributed by atoms with Crippen molar-refractivity contribution in [2.75, 3.05) is 0 Å². The number of nitrogens with zero attached hydrogens (tertiary/aromatic N) is 1. The van der Waals surface area contributed by atoms with Crippen molar-refractivity contribution in [3.05, 3.63) is 35.4 Å². The average molecular weight is 243 g/mol. The Bertz CT molecular complexity index is 345. The average Bonchev–Trinajstić information content (AvgIpc) is 2.40. The standard InChI is InChI=1S/C17H25N/c1-2-3-4-5-6-7-8-9-16-10-12-17(13-11-16)14-15-18/h10-13H,2-9,14H2,1H3. The first kappa shape index (κ1) is 14.8. The van der Waals surface area contributed by atoms with Gasteiger partial charge in [-0.2, -0.15) is 5.26 Å². The fourth-order valence-corrected chi connectivity index (χ4v) is 2.20. The van der Waals surface area contributed by atoms with Gasteiger partial charge in [-0.25, -0.2) is 0 Å². The van der Waals surface area contributed by atoms with Crippen LogP contribution in [0.15, 0.2) is 24.3 Å². The van der Waals surface area contributed by atoms with E-state index in [1.807, 2.05) is 0 Å². The Labute approximate surface area is 112 Å². The van der Waals surface area contributed by atoms with Crippen LogP contribution in [0.4, 0.5) is 0 Å². The Kier molecular flexibility index (Phi) is 7.97. The van der Waals surface area contributed by atoms with Gasteiger partial charge >= 0.3 is 0 Å². The first-order valence-corrected chi connectivity index (χ1v) is 7.31. The van der Waals surface area contributed by atoms with Crippen LogP contribution in [0, 0.1) is 11.3 Å². The van der Waals surface area contributed by atoms with Crippen LogP contribution in [-0.2, 0) is 12.8 Å².